The van der Waals surface area contributed by atoms with Crippen molar-refractivity contribution < 1.29 is 13.6 Å². The first-order valence-corrected chi connectivity index (χ1v) is 9.51. The van der Waals surface area contributed by atoms with Crippen LogP contribution in [-0.2, 0) is 19.4 Å². The summed E-state index contributed by atoms with van der Waals surface area (Å²) >= 11 is 0. The molecule has 4 aromatic heterocycles. The molecular weight excluding hydrogens is 389 g/mol. The number of nitrogens with one attached hydrogen (secondary N) is 3. The molecule has 4 aromatic rings. The average Bonchev–Trinajstić information content (AvgIpc) is 3.39. The van der Waals surface area contributed by atoms with Gasteiger partial charge in [0.2, 0.25) is 0 Å². The van der Waals surface area contributed by atoms with E-state index in [1.54, 1.807) is 6.20 Å². The molecule has 0 bridgehead atoms. The second kappa shape index (κ2) is 9.23. The third-order valence-electron chi connectivity index (χ3n) is 4.40. The SMILES string of the molecule is O=C(NCc1ncccc1F)c1coc(CCNCCc2nc3ncccc3[nH]2)n1. The number of pyridine rings is 2. The van der Waals surface area contributed by atoms with E-state index in [-0.39, 0.29) is 17.9 Å². The second-order valence-electron chi connectivity index (χ2n) is 6.55. The van der Waals surface area contributed by atoms with Gasteiger partial charge in [-0.1, -0.05) is 0 Å². The zero-order chi connectivity index (χ0) is 20.8. The Kier molecular flexibility index (Phi) is 6.04. The Morgan fingerprint density at radius 3 is 2.80 bits per heavy atom. The standard InChI is InChI=1S/C20H20FN7O2/c21-13-3-1-7-23-15(13)11-25-20(29)16-12-30-18(27-16)6-10-22-9-5-17-26-14-4-2-8-24-19(14)28-17/h1-4,7-8,12,22H,5-6,9-11H2,(H,25,29)(H,24,26,28). The van der Waals surface area contributed by atoms with E-state index in [1.807, 2.05) is 12.1 Å². The van der Waals surface area contributed by atoms with Crippen LogP contribution >= 0.6 is 0 Å². The van der Waals surface area contributed by atoms with Gasteiger partial charge >= 0.3 is 0 Å². The number of halogens is 1. The number of carbonyl (C=O) groups excluding carboxylic acids is 1. The number of carbonyl (C=O) groups is 1. The Labute approximate surface area is 171 Å². The van der Waals surface area contributed by atoms with Crippen molar-refractivity contribution in [3.63, 3.8) is 0 Å². The van der Waals surface area contributed by atoms with Crippen LogP contribution in [-0.4, -0.2) is 43.9 Å². The van der Waals surface area contributed by atoms with Crippen molar-refractivity contribution in [1.82, 2.24) is 35.6 Å². The predicted molar refractivity (Wildman–Crippen MR) is 106 cm³/mol. The van der Waals surface area contributed by atoms with Gasteiger partial charge in [0.15, 0.2) is 17.2 Å². The highest BCUT2D eigenvalue weighted by Gasteiger charge is 2.13. The van der Waals surface area contributed by atoms with Crippen LogP contribution < -0.4 is 10.6 Å². The number of aromatic amines is 1. The number of H-pyrrole nitrogens is 1. The Morgan fingerprint density at radius 1 is 1.10 bits per heavy atom. The zero-order valence-electron chi connectivity index (χ0n) is 16.1. The average molecular weight is 409 g/mol. The van der Waals surface area contributed by atoms with Gasteiger partial charge in [-0.3, -0.25) is 9.78 Å². The van der Waals surface area contributed by atoms with Gasteiger partial charge in [0, 0.05) is 38.3 Å². The monoisotopic (exact) mass is 409 g/mol. The number of nitrogens with zero attached hydrogens (tertiary/aromatic N) is 4. The van der Waals surface area contributed by atoms with Crippen LogP contribution in [0.4, 0.5) is 4.39 Å². The van der Waals surface area contributed by atoms with Crippen molar-refractivity contribution in [3.8, 4) is 0 Å². The third kappa shape index (κ3) is 4.84. The first-order valence-electron chi connectivity index (χ1n) is 9.51. The molecule has 0 aliphatic heterocycles. The Hall–Kier alpha value is -3.66. The van der Waals surface area contributed by atoms with Gasteiger partial charge in [0.1, 0.15) is 17.9 Å². The molecule has 0 atom stereocenters. The van der Waals surface area contributed by atoms with Crippen molar-refractivity contribution in [2.24, 2.45) is 0 Å². The largest absolute Gasteiger partial charge is 0.448 e. The lowest BCUT2D eigenvalue weighted by atomic mass is 10.3. The number of hydrogen-bond donors (Lipinski definition) is 3. The number of amides is 1. The zero-order valence-corrected chi connectivity index (χ0v) is 16.1. The number of imidazole rings is 1. The first-order chi connectivity index (χ1) is 14.7. The van der Waals surface area contributed by atoms with E-state index in [2.05, 4.69) is 35.6 Å². The van der Waals surface area contributed by atoms with Crippen LogP contribution in [0, 0.1) is 5.82 Å². The molecule has 10 heteroatoms. The van der Waals surface area contributed by atoms with Gasteiger partial charge in [-0.05, 0) is 24.3 Å². The number of oxazole rings is 1. The summed E-state index contributed by atoms with van der Waals surface area (Å²) in [5, 5.41) is 5.87. The van der Waals surface area contributed by atoms with Crippen molar-refractivity contribution in [2.75, 3.05) is 13.1 Å². The van der Waals surface area contributed by atoms with Crippen molar-refractivity contribution in [1.29, 1.82) is 0 Å². The summed E-state index contributed by atoms with van der Waals surface area (Å²) in [7, 11) is 0. The fraction of sp³-hybridized carbons (Fsp3) is 0.250. The molecule has 0 fully saturated rings. The first kappa shape index (κ1) is 19.6. The summed E-state index contributed by atoms with van der Waals surface area (Å²) in [5.74, 6) is 0.408. The smallest absolute Gasteiger partial charge is 0.273 e. The van der Waals surface area contributed by atoms with Gasteiger partial charge in [-0.25, -0.2) is 19.3 Å². The maximum atomic E-state index is 13.5. The lowest BCUT2D eigenvalue weighted by Gasteiger charge is -2.03. The Bertz CT molecular complexity index is 1110. The summed E-state index contributed by atoms with van der Waals surface area (Å²) < 4.78 is 18.9. The maximum absolute atomic E-state index is 13.5. The molecule has 3 N–H and O–H groups in total. The minimum Gasteiger partial charge on any atom is -0.448 e. The molecular formula is C20H20FN7O2. The summed E-state index contributed by atoms with van der Waals surface area (Å²) in [4.78, 5) is 32.0. The molecule has 0 unspecified atom stereocenters. The van der Waals surface area contributed by atoms with Crippen LogP contribution in [0.3, 0.4) is 0 Å². The van der Waals surface area contributed by atoms with E-state index < -0.39 is 11.7 Å². The summed E-state index contributed by atoms with van der Waals surface area (Å²) in [6.45, 7) is 1.34. The van der Waals surface area contributed by atoms with Gasteiger partial charge in [0.25, 0.3) is 5.91 Å². The molecule has 0 aliphatic carbocycles. The third-order valence-corrected chi connectivity index (χ3v) is 4.40. The Morgan fingerprint density at radius 2 is 1.93 bits per heavy atom. The molecule has 4 heterocycles. The van der Waals surface area contributed by atoms with Gasteiger partial charge in [-0.2, -0.15) is 0 Å². The summed E-state index contributed by atoms with van der Waals surface area (Å²) in [6.07, 6.45) is 5.74. The highest BCUT2D eigenvalue weighted by atomic mass is 19.1. The molecule has 30 heavy (non-hydrogen) atoms. The quantitative estimate of drug-likeness (QED) is 0.360. The molecule has 4 rings (SSSR count). The number of rotatable bonds is 9. The topological polar surface area (TPSA) is 122 Å². The summed E-state index contributed by atoms with van der Waals surface area (Å²) in [5.41, 5.74) is 1.95. The van der Waals surface area contributed by atoms with Crippen LogP contribution in [0.15, 0.2) is 47.3 Å². The highest BCUT2D eigenvalue weighted by molar-refractivity contribution is 5.91. The lowest BCUT2D eigenvalue weighted by Crippen LogP contribution is -2.24. The number of aromatic nitrogens is 5. The van der Waals surface area contributed by atoms with Crippen molar-refractivity contribution >= 4 is 17.1 Å². The fourth-order valence-corrected chi connectivity index (χ4v) is 2.87. The fourth-order valence-electron chi connectivity index (χ4n) is 2.87. The molecule has 154 valence electrons. The molecule has 1 amide bonds. The van der Waals surface area contributed by atoms with Gasteiger partial charge in [0.05, 0.1) is 17.8 Å². The summed E-state index contributed by atoms with van der Waals surface area (Å²) in [6, 6.07) is 6.59. The van der Waals surface area contributed by atoms with Crippen LogP contribution in [0.2, 0.25) is 0 Å². The number of fused-ring (bicyclic) bond motifs is 1. The van der Waals surface area contributed by atoms with E-state index in [4.69, 9.17) is 4.42 Å². The Balaban J connectivity index is 1.19. The highest BCUT2D eigenvalue weighted by Crippen LogP contribution is 2.08. The minimum absolute atomic E-state index is 0.0213. The molecule has 0 saturated heterocycles. The van der Waals surface area contributed by atoms with Crippen molar-refractivity contribution in [2.45, 2.75) is 19.4 Å². The minimum atomic E-state index is -0.469. The maximum Gasteiger partial charge on any atom is 0.273 e. The lowest BCUT2D eigenvalue weighted by molar-refractivity contribution is 0.0945. The van der Waals surface area contributed by atoms with Gasteiger partial charge < -0.3 is 20.0 Å². The van der Waals surface area contributed by atoms with E-state index in [0.717, 1.165) is 24.3 Å². The van der Waals surface area contributed by atoms with Crippen LogP contribution in [0.25, 0.3) is 11.2 Å². The van der Waals surface area contributed by atoms with E-state index >= 15 is 0 Å². The van der Waals surface area contributed by atoms with Crippen molar-refractivity contribution in [3.05, 3.63) is 71.8 Å². The molecule has 9 nitrogen and oxygen atoms in total. The number of hydrogen-bond acceptors (Lipinski definition) is 7. The molecule has 0 spiro atoms. The molecule has 0 saturated carbocycles. The van der Waals surface area contributed by atoms with Crippen LogP contribution in [0.5, 0.6) is 0 Å². The van der Waals surface area contributed by atoms with E-state index in [0.29, 0.717) is 24.5 Å². The van der Waals surface area contributed by atoms with Crippen LogP contribution in [0.1, 0.15) is 27.9 Å². The molecule has 0 aliphatic rings. The normalized spacial score (nSPS) is 11.1. The predicted octanol–water partition coefficient (Wildman–Crippen LogP) is 1.78. The van der Waals surface area contributed by atoms with Gasteiger partial charge in [-0.15, -0.1) is 0 Å². The van der Waals surface area contributed by atoms with E-state index in [1.165, 1.54) is 24.6 Å². The second-order valence-corrected chi connectivity index (χ2v) is 6.55. The molecule has 0 radical (unpaired) electrons. The van der Waals surface area contributed by atoms with E-state index in [9.17, 15) is 9.18 Å². The molecule has 0 aromatic carbocycles.